The number of rotatable bonds is 6. The van der Waals surface area contributed by atoms with E-state index in [1.165, 1.54) is 11.6 Å². The highest BCUT2D eigenvalue weighted by molar-refractivity contribution is 5.95. The minimum atomic E-state index is -0.419. The first-order chi connectivity index (χ1) is 15.0. The minimum Gasteiger partial charge on any atom is -0.484 e. The average Bonchev–Trinajstić information content (AvgIpc) is 2.75. The number of hydrogen-bond acceptors (Lipinski definition) is 5. The molecule has 2 N–H and O–H groups in total. The van der Waals surface area contributed by atoms with Crippen molar-refractivity contribution in [3.05, 3.63) is 94.3 Å². The van der Waals surface area contributed by atoms with Crippen LogP contribution in [-0.4, -0.2) is 12.5 Å². The van der Waals surface area contributed by atoms with Crippen LogP contribution >= 0.6 is 0 Å². The maximum Gasteiger partial charge on any atom is 0.336 e. The SMILES string of the molecule is Cc1ccc(Nc2ccccc2NC(=O)COc2ccc3c(C)cc(=O)oc3c2)cc1. The highest BCUT2D eigenvalue weighted by Crippen LogP contribution is 2.26. The molecule has 0 aliphatic rings. The highest BCUT2D eigenvalue weighted by atomic mass is 16.5. The fraction of sp³-hybridized carbons (Fsp3) is 0.120. The Morgan fingerprint density at radius 3 is 2.45 bits per heavy atom. The second-order valence-corrected chi connectivity index (χ2v) is 7.28. The summed E-state index contributed by atoms with van der Waals surface area (Å²) in [6.07, 6.45) is 0. The summed E-state index contributed by atoms with van der Waals surface area (Å²) in [5.41, 5.74) is 4.37. The van der Waals surface area contributed by atoms with Gasteiger partial charge in [-0.1, -0.05) is 29.8 Å². The molecule has 0 bridgehead atoms. The zero-order valence-corrected chi connectivity index (χ0v) is 17.3. The van der Waals surface area contributed by atoms with Crippen LogP contribution in [0.1, 0.15) is 11.1 Å². The Kier molecular flexibility index (Phi) is 5.71. The summed E-state index contributed by atoms with van der Waals surface area (Å²) in [4.78, 5) is 24.1. The predicted octanol–water partition coefficient (Wildman–Crippen LogP) is 5.17. The molecule has 3 aromatic carbocycles. The zero-order valence-electron chi connectivity index (χ0n) is 17.3. The zero-order chi connectivity index (χ0) is 21.8. The van der Waals surface area contributed by atoms with E-state index in [4.69, 9.17) is 9.15 Å². The Morgan fingerprint density at radius 2 is 1.68 bits per heavy atom. The van der Waals surface area contributed by atoms with Crippen LogP contribution in [0.5, 0.6) is 5.75 Å². The first-order valence-corrected chi connectivity index (χ1v) is 9.88. The van der Waals surface area contributed by atoms with Crippen molar-refractivity contribution in [3.63, 3.8) is 0 Å². The van der Waals surface area contributed by atoms with Gasteiger partial charge in [-0.3, -0.25) is 4.79 Å². The first kappa shape index (κ1) is 20.2. The Balaban J connectivity index is 1.43. The van der Waals surface area contributed by atoms with Crippen molar-refractivity contribution in [1.82, 2.24) is 0 Å². The molecule has 0 spiro atoms. The van der Waals surface area contributed by atoms with Gasteiger partial charge in [0.2, 0.25) is 0 Å². The quantitative estimate of drug-likeness (QED) is 0.426. The van der Waals surface area contributed by atoms with E-state index in [0.717, 1.165) is 22.3 Å². The lowest BCUT2D eigenvalue weighted by Crippen LogP contribution is -2.20. The van der Waals surface area contributed by atoms with Crippen molar-refractivity contribution in [2.75, 3.05) is 17.2 Å². The summed E-state index contributed by atoms with van der Waals surface area (Å²) in [5, 5.41) is 7.01. The number of fused-ring (bicyclic) bond motifs is 1. The number of para-hydroxylation sites is 2. The van der Waals surface area contributed by atoms with E-state index in [1.54, 1.807) is 12.1 Å². The van der Waals surface area contributed by atoms with Crippen LogP contribution in [-0.2, 0) is 4.79 Å². The van der Waals surface area contributed by atoms with Crippen LogP contribution in [0.25, 0.3) is 11.0 Å². The number of carbonyl (C=O) groups is 1. The second-order valence-electron chi connectivity index (χ2n) is 7.28. The molecule has 1 heterocycles. The fourth-order valence-corrected chi connectivity index (χ4v) is 3.22. The summed E-state index contributed by atoms with van der Waals surface area (Å²) in [6.45, 7) is 3.69. The first-order valence-electron chi connectivity index (χ1n) is 9.88. The molecule has 0 unspecified atom stereocenters. The van der Waals surface area contributed by atoms with Gasteiger partial charge < -0.3 is 19.8 Å². The number of hydrogen-bond donors (Lipinski definition) is 2. The maximum atomic E-state index is 12.5. The number of anilines is 3. The topological polar surface area (TPSA) is 80.6 Å². The Labute approximate surface area is 179 Å². The Morgan fingerprint density at radius 1 is 0.935 bits per heavy atom. The van der Waals surface area contributed by atoms with E-state index in [0.29, 0.717) is 17.0 Å². The average molecular weight is 414 g/mol. The van der Waals surface area contributed by atoms with E-state index in [1.807, 2.05) is 68.4 Å². The van der Waals surface area contributed by atoms with Crippen LogP contribution in [0.2, 0.25) is 0 Å². The molecule has 0 fully saturated rings. The van der Waals surface area contributed by atoms with Gasteiger partial charge in [0.15, 0.2) is 6.61 Å². The Hall–Kier alpha value is -4.06. The number of aryl methyl sites for hydroxylation is 2. The lowest BCUT2D eigenvalue weighted by Gasteiger charge is -2.14. The number of nitrogens with one attached hydrogen (secondary N) is 2. The molecule has 31 heavy (non-hydrogen) atoms. The molecular formula is C25H22N2O4. The summed E-state index contributed by atoms with van der Waals surface area (Å²) < 4.78 is 10.8. The molecular weight excluding hydrogens is 392 g/mol. The molecule has 0 saturated carbocycles. The molecule has 0 aliphatic carbocycles. The molecule has 1 aromatic heterocycles. The van der Waals surface area contributed by atoms with Crippen molar-refractivity contribution in [3.8, 4) is 5.75 Å². The maximum absolute atomic E-state index is 12.5. The van der Waals surface area contributed by atoms with Gasteiger partial charge >= 0.3 is 5.63 Å². The molecule has 4 rings (SSSR count). The third-order valence-electron chi connectivity index (χ3n) is 4.82. The molecule has 0 saturated heterocycles. The highest BCUT2D eigenvalue weighted by Gasteiger charge is 2.09. The monoisotopic (exact) mass is 414 g/mol. The van der Waals surface area contributed by atoms with Crippen molar-refractivity contribution in [1.29, 1.82) is 0 Å². The summed E-state index contributed by atoms with van der Waals surface area (Å²) in [5.74, 6) is 0.145. The van der Waals surface area contributed by atoms with Crippen LogP contribution in [0.15, 0.2) is 82.0 Å². The Bertz CT molecular complexity index is 1290. The fourth-order valence-electron chi connectivity index (χ4n) is 3.22. The molecule has 0 atom stereocenters. The predicted molar refractivity (Wildman–Crippen MR) is 122 cm³/mol. The van der Waals surface area contributed by atoms with Crippen molar-refractivity contribution < 1.29 is 13.9 Å². The largest absolute Gasteiger partial charge is 0.484 e. The molecule has 0 aliphatic heterocycles. The number of carbonyl (C=O) groups excluding carboxylic acids is 1. The van der Waals surface area contributed by atoms with Gasteiger partial charge in [0, 0.05) is 23.2 Å². The third kappa shape index (κ3) is 4.93. The van der Waals surface area contributed by atoms with Gasteiger partial charge in [0.1, 0.15) is 11.3 Å². The van der Waals surface area contributed by atoms with Crippen LogP contribution in [0.3, 0.4) is 0 Å². The van der Waals surface area contributed by atoms with Gasteiger partial charge in [-0.25, -0.2) is 4.79 Å². The van der Waals surface area contributed by atoms with Gasteiger partial charge in [0.25, 0.3) is 5.91 Å². The lowest BCUT2D eigenvalue weighted by molar-refractivity contribution is -0.118. The van der Waals surface area contributed by atoms with E-state index >= 15 is 0 Å². The second kappa shape index (κ2) is 8.75. The van der Waals surface area contributed by atoms with E-state index in [-0.39, 0.29) is 12.5 Å². The smallest absolute Gasteiger partial charge is 0.336 e. The van der Waals surface area contributed by atoms with Gasteiger partial charge in [-0.05, 0) is 55.8 Å². The van der Waals surface area contributed by atoms with E-state index < -0.39 is 5.63 Å². The molecule has 6 nitrogen and oxygen atoms in total. The van der Waals surface area contributed by atoms with Crippen molar-refractivity contribution >= 4 is 33.9 Å². The van der Waals surface area contributed by atoms with E-state index in [9.17, 15) is 9.59 Å². The van der Waals surface area contributed by atoms with Crippen LogP contribution in [0, 0.1) is 13.8 Å². The summed E-state index contributed by atoms with van der Waals surface area (Å²) in [6, 6.07) is 22.1. The number of amides is 1. The molecule has 4 aromatic rings. The summed E-state index contributed by atoms with van der Waals surface area (Å²) in [7, 11) is 0. The number of benzene rings is 3. The minimum absolute atomic E-state index is 0.180. The number of ether oxygens (including phenoxy) is 1. The molecule has 0 radical (unpaired) electrons. The van der Waals surface area contributed by atoms with Crippen LogP contribution in [0.4, 0.5) is 17.1 Å². The van der Waals surface area contributed by atoms with Gasteiger partial charge in [0.05, 0.1) is 11.4 Å². The molecule has 6 heteroatoms. The normalized spacial score (nSPS) is 10.6. The standard InChI is InChI=1S/C25H22N2O4/c1-16-7-9-18(10-8-16)26-21-5-3-4-6-22(21)27-24(28)15-30-19-11-12-20-17(2)13-25(29)31-23(20)14-19/h3-14,26H,15H2,1-2H3,(H,27,28). The molecule has 156 valence electrons. The lowest BCUT2D eigenvalue weighted by atomic mass is 10.1. The van der Waals surface area contributed by atoms with E-state index in [2.05, 4.69) is 10.6 Å². The van der Waals surface area contributed by atoms with Crippen LogP contribution < -0.4 is 21.0 Å². The van der Waals surface area contributed by atoms with Gasteiger partial charge in [-0.2, -0.15) is 0 Å². The third-order valence-corrected chi connectivity index (χ3v) is 4.82. The van der Waals surface area contributed by atoms with Crippen molar-refractivity contribution in [2.24, 2.45) is 0 Å². The summed E-state index contributed by atoms with van der Waals surface area (Å²) >= 11 is 0. The molecule has 1 amide bonds. The van der Waals surface area contributed by atoms with Gasteiger partial charge in [-0.15, -0.1) is 0 Å². The van der Waals surface area contributed by atoms with Crippen molar-refractivity contribution in [2.45, 2.75) is 13.8 Å².